The van der Waals surface area contributed by atoms with Crippen LogP contribution in [0.1, 0.15) is 51.4 Å². The number of para-hydroxylation sites is 1. The summed E-state index contributed by atoms with van der Waals surface area (Å²) in [5, 5.41) is 13.7. The van der Waals surface area contributed by atoms with Crippen molar-refractivity contribution in [2.24, 2.45) is 5.41 Å². The number of rotatable bonds is 9. The summed E-state index contributed by atoms with van der Waals surface area (Å²) in [5.41, 5.74) is 1.44. The molecule has 0 spiro atoms. The maximum Gasteiger partial charge on any atom is 0.309 e. The summed E-state index contributed by atoms with van der Waals surface area (Å²) >= 11 is 0. The van der Waals surface area contributed by atoms with E-state index in [-0.39, 0.29) is 0 Å². The van der Waals surface area contributed by atoms with Crippen molar-refractivity contribution in [3.05, 3.63) is 35.6 Å². The summed E-state index contributed by atoms with van der Waals surface area (Å²) in [6.07, 6.45) is 3.79. The molecule has 126 valence electrons. The van der Waals surface area contributed by atoms with E-state index in [1.165, 1.54) is 5.56 Å². The molecule has 0 aliphatic heterocycles. The second kappa shape index (κ2) is 7.64. The molecule has 1 heterocycles. The number of hydrogen-bond acceptors (Lipinski definition) is 3. The summed E-state index contributed by atoms with van der Waals surface area (Å²) in [6, 6.07) is 8.11. The molecule has 2 rings (SSSR count). The normalized spacial score (nSPS) is 12.0. The van der Waals surface area contributed by atoms with Crippen molar-refractivity contribution >= 4 is 16.9 Å². The largest absolute Gasteiger partial charge is 0.481 e. The lowest BCUT2D eigenvalue weighted by Crippen LogP contribution is -2.28. The van der Waals surface area contributed by atoms with E-state index in [1.807, 2.05) is 18.2 Å². The molecular weight excluding hydrogens is 290 g/mol. The number of carboxylic acid groups (broad SMARTS) is 1. The second-order valence-electron chi connectivity index (χ2n) is 6.72. The van der Waals surface area contributed by atoms with E-state index in [4.69, 9.17) is 9.52 Å². The fourth-order valence-corrected chi connectivity index (χ4v) is 2.60. The average molecular weight is 317 g/mol. The van der Waals surface area contributed by atoms with E-state index in [0.717, 1.165) is 36.0 Å². The molecule has 0 aliphatic rings. The maximum absolute atomic E-state index is 11.1. The fraction of sp³-hybridized carbons (Fsp3) is 0.526. The average Bonchev–Trinajstić information content (AvgIpc) is 2.87. The van der Waals surface area contributed by atoms with Crippen LogP contribution in [0.25, 0.3) is 11.0 Å². The second-order valence-corrected chi connectivity index (χ2v) is 6.72. The Morgan fingerprint density at radius 1 is 1.30 bits per heavy atom. The first-order valence-corrected chi connectivity index (χ1v) is 8.39. The zero-order chi connectivity index (χ0) is 16.9. The van der Waals surface area contributed by atoms with Crippen molar-refractivity contribution in [3.63, 3.8) is 0 Å². The molecule has 0 saturated carbocycles. The quantitative estimate of drug-likeness (QED) is 0.674. The van der Waals surface area contributed by atoms with Gasteiger partial charge in [0, 0.05) is 23.9 Å². The van der Waals surface area contributed by atoms with Crippen LogP contribution in [0.4, 0.5) is 0 Å². The van der Waals surface area contributed by atoms with E-state index < -0.39 is 11.4 Å². The number of benzene rings is 1. The highest BCUT2D eigenvalue weighted by atomic mass is 16.4. The minimum atomic E-state index is -0.753. The number of fused-ring (bicyclic) bond motifs is 1. The van der Waals surface area contributed by atoms with Crippen molar-refractivity contribution in [2.75, 3.05) is 6.54 Å². The third-order valence-electron chi connectivity index (χ3n) is 4.35. The Balaban J connectivity index is 2.05. The van der Waals surface area contributed by atoms with Gasteiger partial charge in [-0.25, -0.2) is 0 Å². The number of aryl methyl sites for hydroxylation is 1. The Bertz CT molecular complexity index is 658. The van der Waals surface area contributed by atoms with Gasteiger partial charge in [0.2, 0.25) is 0 Å². The van der Waals surface area contributed by atoms with Crippen molar-refractivity contribution in [2.45, 2.75) is 53.0 Å². The van der Waals surface area contributed by atoms with Crippen molar-refractivity contribution in [3.8, 4) is 0 Å². The molecule has 0 radical (unpaired) electrons. The number of carbonyl (C=O) groups is 1. The highest BCUT2D eigenvalue weighted by Gasteiger charge is 2.26. The summed E-state index contributed by atoms with van der Waals surface area (Å²) in [7, 11) is 0. The molecule has 0 atom stereocenters. The zero-order valence-electron chi connectivity index (χ0n) is 14.3. The minimum absolute atomic E-state index is 0.600. The third-order valence-corrected chi connectivity index (χ3v) is 4.35. The van der Waals surface area contributed by atoms with Crippen LogP contribution in [-0.2, 0) is 17.8 Å². The Kier molecular flexibility index (Phi) is 5.83. The molecule has 2 N–H and O–H groups in total. The van der Waals surface area contributed by atoms with Crippen LogP contribution in [-0.4, -0.2) is 17.6 Å². The summed E-state index contributed by atoms with van der Waals surface area (Å²) in [6.45, 7) is 7.08. The van der Waals surface area contributed by atoms with Crippen LogP contribution in [0.5, 0.6) is 0 Å². The number of furan rings is 1. The Labute approximate surface area is 137 Å². The van der Waals surface area contributed by atoms with E-state index >= 15 is 0 Å². The van der Waals surface area contributed by atoms with E-state index in [2.05, 4.69) is 18.3 Å². The molecule has 0 unspecified atom stereocenters. The number of aliphatic carboxylic acids is 1. The number of unbranched alkanes of at least 4 members (excludes halogenated alkanes) is 1. The van der Waals surface area contributed by atoms with Crippen molar-refractivity contribution in [1.29, 1.82) is 0 Å². The number of carboxylic acids is 1. The SMILES string of the molecule is CCCCc1oc2ccccc2c1CNCCC(C)(C)C(=O)O. The van der Waals surface area contributed by atoms with Gasteiger partial charge in [-0.05, 0) is 39.3 Å². The first-order valence-electron chi connectivity index (χ1n) is 8.39. The third kappa shape index (κ3) is 4.35. The van der Waals surface area contributed by atoms with E-state index in [0.29, 0.717) is 19.5 Å². The first-order chi connectivity index (χ1) is 11.0. The molecule has 0 bridgehead atoms. The Morgan fingerprint density at radius 2 is 2.04 bits per heavy atom. The van der Waals surface area contributed by atoms with E-state index in [9.17, 15) is 4.79 Å². The van der Waals surface area contributed by atoms with Crippen LogP contribution >= 0.6 is 0 Å². The molecule has 23 heavy (non-hydrogen) atoms. The van der Waals surface area contributed by atoms with Gasteiger partial charge in [0.15, 0.2) is 0 Å². The molecular formula is C19H27NO3. The van der Waals surface area contributed by atoms with Crippen LogP contribution < -0.4 is 5.32 Å². The molecule has 4 heteroatoms. The smallest absolute Gasteiger partial charge is 0.309 e. The zero-order valence-corrected chi connectivity index (χ0v) is 14.3. The van der Waals surface area contributed by atoms with Gasteiger partial charge in [0.25, 0.3) is 0 Å². The molecule has 1 aromatic carbocycles. The molecule has 4 nitrogen and oxygen atoms in total. The lowest BCUT2D eigenvalue weighted by Gasteiger charge is -2.19. The summed E-state index contributed by atoms with van der Waals surface area (Å²) < 4.78 is 6.00. The van der Waals surface area contributed by atoms with Crippen LogP contribution in [0.2, 0.25) is 0 Å². The van der Waals surface area contributed by atoms with Crippen molar-refractivity contribution < 1.29 is 14.3 Å². The van der Waals surface area contributed by atoms with Crippen molar-refractivity contribution in [1.82, 2.24) is 5.32 Å². The fourth-order valence-electron chi connectivity index (χ4n) is 2.60. The van der Waals surface area contributed by atoms with E-state index in [1.54, 1.807) is 13.8 Å². The van der Waals surface area contributed by atoms with Gasteiger partial charge in [0.05, 0.1) is 5.41 Å². The standard InChI is InChI=1S/C19H27NO3/c1-4-5-9-17-15(14-8-6-7-10-16(14)23-17)13-20-12-11-19(2,3)18(21)22/h6-8,10,20H,4-5,9,11-13H2,1-3H3,(H,21,22). The van der Waals surface area contributed by atoms with Gasteiger partial charge in [-0.3, -0.25) is 4.79 Å². The highest BCUT2D eigenvalue weighted by Crippen LogP contribution is 2.27. The Hall–Kier alpha value is -1.81. The molecule has 0 amide bonds. The predicted molar refractivity (Wildman–Crippen MR) is 92.6 cm³/mol. The van der Waals surface area contributed by atoms with Gasteiger partial charge < -0.3 is 14.8 Å². The number of hydrogen-bond donors (Lipinski definition) is 2. The number of nitrogens with one attached hydrogen (secondary N) is 1. The molecule has 0 fully saturated rings. The monoisotopic (exact) mass is 317 g/mol. The predicted octanol–water partition coefficient (Wildman–Crippen LogP) is 4.37. The molecule has 0 saturated heterocycles. The molecule has 2 aromatic rings. The highest BCUT2D eigenvalue weighted by molar-refractivity contribution is 5.82. The topological polar surface area (TPSA) is 62.5 Å². The maximum atomic E-state index is 11.1. The lowest BCUT2D eigenvalue weighted by molar-refractivity contribution is -0.147. The van der Waals surface area contributed by atoms with Gasteiger partial charge >= 0.3 is 5.97 Å². The van der Waals surface area contributed by atoms with Crippen LogP contribution in [0, 0.1) is 5.41 Å². The van der Waals surface area contributed by atoms with Gasteiger partial charge in [0.1, 0.15) is 11.3 Å². The van der Waals surface area contributed by atoms with Crippen LogP contribution in [0.3, 0.4) is 0 Å². The first kappa shape index (κ1) is 17.5. The Morgan fingerprint density at radius 3 is 2.74 bits per heavy atom. The minimum Gasteiger partial charge on any atom is -0.481 e. The van der Waals surface area contributed by atoms with Gasteiger partial charge in [-0.1, -0.05) is 31.5 Å². The van der Waals surface area contributed by atoms with Gasteiger partial charge in [-0.2, -0.15) is 0 Å². The summed E-state index contributed by atoms with van der Waals surface area (Å²) in [4.78, 5) is 11.1. The molecule has 1 aromatic heterocycles. The van der Waals surface area contributed by atoms with Gasteiger partial charge in [-0.15, -0.1) is 0 Å². The summed E-state index contributed by atoms with van der Waals surface area (Å²) in [5.74, 6) is 0.301. The molecule has 0 aliphatic carbocycles. The lowest BCUT2D eigenvalue weighted by atomic mass is 9.90. The van der Waals surface area contributed by atoms with Crippen LogP contribution in [0.15, 0.2) is 28.7 Å².